The second kappa shape index (κ2) is 5.90. The molecule has 1 heterocycles. The lowest BCUT2D eigenvalue weighted by Gasteiger charge is -2.10. The van der Waals surface area contributed by atoms with Gasteiger partial charge in [-0.2, -0.15) is 13.2 Å². The fourth-order valence-electron chi connectivity index (χ4n) is 1.46. The zero-order chi connectivity index (χ0) is 15.6. The molecule has 0 bridgehead atoms. The molecule has 21 heavy (non-hydrogen) atoms. The molecule has 0 fully saturated rings. The van der Waals surface area contributed by atoms with Crippen LogP contribution in [0.15, 0.2) is 46.3 Å². The molecule has 0 aliphatic carbocycles. The van der Waals surface area contributed by atoms with Gasteiger partial charge < -0.3 is 10.1 Å². The van der Waals surface area contributed by atoms with Crippen molar-refractivity contribution in [3.8, 4) is 0 Å². The number of benzene rings is 1. The average molecular weight is 335 g/mol. The number of alkyl halides is 3. The number of halogens is 4. The molecule has 4 nitrogen and oxygen atoms in total. The average Bonchev–Trinajstić information content (AvgIpc) is 2.40. The van der Waals surface area contributed by atoms with E-state index in [-0.39, 0.29) is 10.8 Å². The Kier molecular flexibility index (Phi) is 4.38. The fraction of sp³-hybridized carbons (Fsp3) is 0.0833. The summed E-state index contributed by atoms with van der Waals surface area (Å²) in [6.45, 7) is 0. The molecule has 0 unspecified atom stereocenters. The molecule has 110 valence electrons. The van der Waals surface area contributed by atoms with Gasteiger partial charge in [-0.15, -0.1) is 0 Å². The van der Waals surface area contributed by atoms with Gasteiger partial charge in [0.1, 0.15) is 0 Å². The van der Waals surface area contributed by atoms with Crippen LogP contribution >= 0.6 is 23.4 Å². The molecule has 0 spiro atoms. The van der Waals surface area contributed by atoms with Gasteiger partial charge in [0.25, 0.3) is 0 Å². The largest absolute Gasteiger partial charge is 0.417 e. The normalized spacial score (nSPS) is 11.4. The van der Waals surface area contributed by atoms with Crippen LogP contribution in [0.4, 0.5) is 19.0 Å². The zero-order valence-electron chi connectivity index (χ0n) is 10.1. The van der Waals surface area contributed by atoms with Crippen molar-refractivity contribution < 1.29 is 18.1 Å². The number of aromatic nitrogens is 1. The van der Waals surface area contributed by atoms with Crippen molar-refractivity contribution in [3.05, 3.63) is 57.2 Å². The lowest BCUT2D eigenvalue weighted by Crippen LogP contribution is -2.05. The predicted octanol–water partition coefficient (Wildman–Crippen LogP) is 4.81. The molecule has 0 N–H and O–H groups in total. The van der Waals surface area contributed by atoms with E-state index in [1.54, 1.807) is 0 Å². The molecule has 2 aromatic rings. The smallest absolute Gasteiger partial charge is 0.358 e. The first-order valence-electron chi connectivity index (χ1n) is 5.42. The summed E-state index contributed by atoms with van der Waals surface area (Å²) < 4.78 is 38.2. The number of hydrogen-bond acceptors (Lipinski definition) is 4. The molecule has 1 aromatic heterocycles. The van der Waals surface area contributed by atoms with Gasteiger partial charge in [-0.05, 0) is 34.2 Å². The summed E-state index contributed by atoms with van der Waals surface area (Å²) in [5.74, 6) is -0.327. The summed E-state index contributed by atoms with van der Waals surface area (Å²) in [7, 11) is 0. The van der Waals surface area contributed by atoms with E-state index < -0.39 is 16.7 Å². The highest BCUT2D eigenvalue weighted by Gasteiger charge is 2.33. The van der Waals surface area contributed by atoms with Gasteiger partial charge in [0.15, 0.2) is 6.20 Å². The van der Waals surface area contributed by atoms with Crippen LogP contribution in [-0.4, -0.2) is 9.91 Å². The lowest BCUT2D eigenvalue weighted by molar-refractivity contribution is -0.389. The minimum atomic E-state index is -4.54. The summed E-state index contributed by atoms with van der Waals surface area (Å²) in [5, 5.41) is 10.1. The lowest BCUT2D eigenvalue weighted by atomic mass is 10.2. The van der Waals surface area contributed by atoms with Crippen LogP contribution in [0.3, 0.4) is 0 Å². The van der Waals surface area contributed by atoms with Crippen molar-refractivity contribution in [2.24, 2.45) is 0 Å². The Balaban J connectivity index is 2.26. The van der Waals surface area contributed by atoms with Crippen LogP contribution in [0, 0.1) is 10.1 Å². The van der Waals surface area contributed by atoms with Crippen molar-refractivity contribution in [2.75, 3.05) is 0 Å². The topological polar surface area (TPSA) is 56.0 Å². The Morgan fingerprint density at radius 2 is 1.86 bits per heavy atom. The van der Waals surface area contributed by atoms with Gasteiger partial charge in [-0.3, -0.25) is 0 Å². The minimum absolute atomic E-state index is 0.308. The van der Waals surface area contributed by atoms with E-state index in [1.807, 2.05) is 0 Å². The summed E-state index contributed by atoms with van der Waals surface area (Å²) >= 11 is 6.53. The molecule has 1 aromatic carbocycles. The number of nitrogens with zero attached hydrogens (tertiary/aromatic N) is 2. The summed E-state index contributed by atoms with van der Waals surface area (Å²) in [4.78, 5) is 14.2. The molecule has 0 saturated carbocycles. The Labute approximate surface area is 126 Å². The third kappa shape index (κ3) is 3.85. The van der Waals surface area contributed by atoms with Crippen LogP contribution < -0.4 is 0 Å². The Hall–Kier alpha value is -1.80. The SMILES string of the molecule is O=[N+]([O-])c1ccc(Sc2ccc(Cl)c(C(F)(F)F)c2)cn1. The Morgan fingerprint density at radius 1 is 1.19 bits per heavy atom. The molecule has 2 rings (SSSR count). The van der Waals surface area contributed by atoms with E-state index >= 15 is 0 Å². The van der Waals surface area contributed by atoms with Gasteiger partial charge in [-0.1, -0.05) is 23.4 Å². The van der Waals surface area contributed by atoms with Gasteiger partial charge in [0.2, 0.25) is 0 Å². The molecular weight excluding hydrogens is 329 g/mol. The molecule has 0 amide bonds. The van der Waals surface area contributed by atoms with Gasteiger partial charge in [-0.25, -0.2) is 0 Å². The first-order valence-corrected chi connectivity index (χ1v) is 6.62. The third-order valence-corrected chi connectivity index (χ3v) is 3.68. The number of hydrogen-bond donors (Lipinski definition) is 0. The van der Waals surface area contributed by atoms with Crippen molar-refractivity contribution in [1.29, 1.82) is 0 Å². The Bertz CT molecular complexity index is 677. The van der Waals surface area contributed by atoms with E-state index in [0.717, 1.165) is 23.9 Å². The van der Waals surface area contributed by atoms with Crippen molar-refractivity contribution in [3.63, 3.8) is 0 Å². The third-order valence-electron chi connectivity index (χ3n) is 2.39. The van der Waals surface area contributed by atoms with Crippen molar-refractivity contribution in [1.82, 2.24) is 4.98 Å². The molecule has 9 heteroatoms. The monoisotopic (exact) mass is 334 g/mol. The zero-order valence-corrected chi connectivity index (χ0v) is 11.7. The van der Waals surface area contributed by atoms with Crippen LogP contribution in [0.2, 0.25) is 5.02 Å². The van der Waals surface area contributed by atoms with Crippen LogP contribution in [-0.2, 0) is 6.18 Å². The van der Waals surface area contributed by atoms with Gasteiger partial charge in [0, 0.05) is 11.0 Å². The molecular formula is C12H6ClF3N2O2S. The number of nitro groups is 1. The second-order valence-electron chi connectivity index (χ2n) is 3.85. The van der Waals surface area contributed by atoms with E-state index in [2.05, 4.69) is 4.98 Å². The van der Waals surface area contributed by atoms with Gasteiger partial charge in [0.05, 0.1) is 15.5 Å². The van der Waals surface area contributed by atoms with Crippen LogP contribution in [0.1, 0.15) is 5.56 Å². The highest BCUT2D eigenvalue weighted by Crippen LogP contribution is 2.38. The maximum Gasteiger partial charge on any atom is 0.417 e. The number of pyridine rings is 1. The van der Waals surface area contributed by atoms with Crippen molar-refractivity contribution in [2.45, 2.75) is 16.0 Å². The molecule has 0 saturated heterocycles. The highest BCUT2D eigenvalue weighted by atomic mass is 35.5. The fourth-order valence-corrected chi connectivity index (χ4v) is 2.51. The maximum atomic E-state index is 12.7. The van der Waals surface area contributed by atoms with E-state index in [1.165, 1.54) is 24.4 Å². The van der Waals surface area contributed by atoms with Crippen molar-refractivity contribution >= 4 is 29.2 Å². The molecule has 0 aliphatic heterocycles. The first kappa shape index (κ1) is 15.6. The summed E-state index contributed by atoms with van der Waals surface area (Å²) in [6, 6.07) is 6.12. The molecule has 0 radical (unpaired) electrons. The summed E-state index contributed by atoms with van der Waals surface area (Å²) in [6.07, 6.45) is -3.31. The second-order valence-corrected chi connectivity index (χ2v) is 5.40. The quantitative estimate of drug-likeness (QED) is 0.597. The summed E-state index contributed by atoms with van der Waals surface area (Å²) in [5.41, 5.74) is -0.927. The van der Waals surface area contributed by atoms with E-state index in [9.17, 15) is 23.3 Å². The minimum Gasteiger partial charge on any atom is -0.358 e. The van der Waals surface area contributed by atoms with Gasteiger partial charge >= 0.3 is 12.0 Å². The maximum absolute atomic E-state index is 12.7. The van der Waals surface area contributed by atoms with E-state index in [4.69, 9.17) is 11.6 Å². The standard InChI is InChI=1S/C12H6ClF3N2O2S/c13-10-3-1-7(5-9(10)12(14,15)16)21-8-2-4-11(17-6-8)18(19)20/h1-6H. The molecule has 0 atom stereocenters. The molecule has 0 aliphatic rings. The number of rotatable bonds is 3. The predicted molar refractivity (Wildman–Crippen MR) is 71.5 cm³/mol. The van der Waals surface area contributed by atoms with E-state index in [0.29, 0.717) is 9.79 Å². The highest BCUT2D eigenvalue weighted by molar-refractivity contribution is 7.99. The first-order chi connectivity index (χ1) is 9.77. The Morgan fingerprint density at radius 3 is 2.38 bits per heavy atom. The van der Waals surface area contributed by atoms with Crippen LogP contribution in [0.5, 0.6) is 0 Å². The van der Waals surface area contributed by atoms with Crippen LogP contribution in [0.25, 0.3) is 0 Å².